The van der Waals surface area contributed by atoms with Crippen molar-refractivity contribution in [3.8, 4) is 0 Å². The van der Waals surface area contributed by atoms with E-state index >= 15 is 0 Å². The summed E-state index contributed by atoms with van der Waals surface area (Å²) in [5.41, 5.74) is 1.95. The van der Waals surface area contributed by atoms with Crippen molar-refractivity contribution in [2.45, 2.75) is 26.2 Å². The van der Waals surface area contributed by atoms with Gasteiger partial charge < -0.3 is 15.1 Å². The Kier molecular flexibility index (Phi) is 4.89. The molecule has 0 unspecified atom stereocenters. The molecule has 22 heavy (non-hydrogen) atoms. The number of carbonyl (C=O) groups excluding carboxylic acids is 1. The van der Waals surface area contributed by atoms with Crippen LogP contribution < -0.4 is 10.2 Å². The highest BCUT2D eigenvalue weighted by atomic mass is 35.5. The molecule has 1 heterocycles. The molecule has 2 aliphatic rings. The van der Waals surface area contributed by atoms with Gasteiger partial charge in [-0.2, -0.15) is 0 Å². The maximum absolute atomic E-state index is 12.3. The van der Waals surface area contributed by atoms with Gasteiger partial charge in [0.1, 0.15) is 0 Å². The monoisotopic (exact) mass is 321 g/mol. The molecule has 3 rings (SSSR count). The van der Waals surface area contributed by atoms with E-state index in [-0.39, 0.29) is 11.8 Å². The summed E-state index contributed by atoms with van der Waals surface area (Å²) < 4.78 is 0. The fourth-order valence-corrected chi connectivity index (χ4v) is 3.27. The number of likely N-dealkylation sites (N-methyl/N-ethyl adjacent to an activating group) is 1. The zero-order valence-electron chi connectivity index (χ0n) is 13.1. The number of nitrogens with one attached hydrogen (secondary N) is 1. The zero-order valence-corrected chi connectivity index (χ0v) is 13.9. The molecule has 1 saturated carbocycles. The lowest BCUT2D eigenvalue weighted by Crippen LogP contribution is -2.46. The van der Waals surface area contributed by atoms with Crippen LogP contribution in [0, 0.1) is 5.92 Å². The molecule has 5 heteroatoms. The van der Waals surface area contributed by atoms with Gasteiger partial charge in [-0.25, -0.2) is 0 Å². The molecule has 1 N–H and O–H groups in total. The van der Waals surface area contributed by atoms with Crippen LogP contribution >= 0.6 is 11.6 Å². The van der Waals surface area contributed by atoms with Crippen LogP contribution in [0.25, 0.3) is 0 Å². The van der Waals surface area contributed by atoms with Gasteiger partial charge in [-0.3, -0.25) is 4.79 Å². The summed E-state index contributed by atoms with van der Waals surface area (Å²) in [6, 6.07) is 5.81. The first-order chi connectivity index (χ1) is 10.7. The predicted octanol–water partition coefficient (Wildman–Crippen LogP) is 3.22. The van der Waals surface area contributed by atoms with Crippen molar-refractivity contribution in [3.05, 3.63) is 23.2 Å². The first kappa shape index (κ1) is 15.6. The molecule has 120 valence electrons. The third kappa shape index (κ3) is 3.39. The maximum Gasteiger partial charge on any atom is 0.227 e. The Morgan fingerprint density at radius 2 is 2.00 bits per heavy atom. The molecule has 1 amide bonds. The van der Waals surface area contributed by atoms with Crippen molar-refractivity contribution in [2.75, 3.05) is 42.9 Å². The summed E-state index contributed by atoms with van der Waals surface area (Å²) >= 11 is 6.13. The van der Waals surface area contributed by atoms with Gasteiger partial charge in [0.2, 0.25) is 5.91 Å². The second-order valence-corrected chi connectivity index (χ2v) is 6.64. The Morgan fingerprint density at radius 1 is 1.27 bits per heavy atom. The quantitative estimate of drug-likeness (QED) is 0.925. The van der Waals surface area contributed by atoms with Gasteiger partial charge in [-0.1, -0.05) is 24.9 Å². The van der Waals surface area contributed by atoms with E-state index in [4.69, 9.17) is 11.6 Å². The second kappa shape index (κ2) is 6.88. The highest BCUT2D eigenvalue weighted by molar-refractivity contribution is 6.31. The number of halogens is 1. The average molecular weight is 322 g/mol. The predicted molar refractivity (Wildman–Crippen MR) is 91.7 cm³/mol. The van der Waals surface area contributed by atoms with Gasteiger partial charge in [-0.15, -0.1) is 0 Å². The van der Waals surface area contributed by atoms with E-state index < -0.39 is 0 Å². The van der Waals surface area contributed by atoms with Crippen LogP contribution in [0.4, 0.5) is 11.4 Å². The van der Waals surface area contributed by atoms with Crippen molar-refractivity contribution in [1.29, 1.82) is 0 Å². The Labute approximate surface area is 137 Å². The topological polar surface area (TPSA) is 35.6 Å². The number of benzene rings is 1. The van der Waals surface area contributed by atoms with Gasteiger partial charge in [-0.05, 0) is 37.6 Å². The molecule has 0 aromatic heterocycles. The Hall–Kier alpha value is -1.26. The summed E-state index contributed by atoms with van der Waals surface area (Å²) in [5.74, 6) is 0.325. The molecule has 1 aromatic rings. The fourth-order valence-electron chi connectivity index (χ4n) is 3.09. The van der Waals surface area contributed by atoms with Crippen LogP contribution in [0.5, 0.6) is 0 Å². The van der Waals surface area contributed by atoms with E-state index in [0.717, 1.165) is 56.9 Å². The third-order valence-corrected chi connectivity index (χ3v) is 5.09. The minimum absolute atomic E-state index is 0.141. The van der Waals surface area contributed by atoms with Gasteiger partial charge >= 0.3 is 0 Å². The largest absolute Gasteiger partial charge is 0.367 e. The van der Waals surface area contributed by atoms with Crippen LogP contribution in [0.15, 0.2) is 18.2 Å². The molecule has 1 saturated heterocycles. The molecule has 0 spiro atoms. The van der Waals surface area contributed by atoms with Crippen LogP contribution in [-0.4, -0.2) is 43.5 Å². The molecule has 0 radical (unpaired) electrons. The highest BCUT2D eigenvalue weighted by Crippen LogP contribution is 2.33. The third-order valence-electron chi connectivity index (χ3n) is 4.85. The normalized spacial score (nSPS) is 19.8. The smallest absolute Gasteiger partial charge is 0.227 e. The van der Waals surface area contributed by atoms with Crippen molar-refractivity contribution >= 4 is 28.9 Å². The van der Waals surface area contributed by atoms with Crippen LogP contribution in [0.1, 0.15) is 26.2 Å². The summed E-state index contributed by atoms with van der Waals surface area (Å²) in [7, 11) is 0. The number of amides is 1. The van der Waals surface area contributed by atoms with Gasteiger partial charge in [0.05, 0.1) is 11.4 Å². The minimum Gasteiger partial charge on any atom is -0.367 e. The SMILES string of the molecule is CCN1CCN(c2ccc(Cl)cc2NC(=O)C2CCC2)CC1. The summed E-state index contributed by atoms with van der Waals surface area (Å²) in [4.78, 5) is 17.0. The van der Waals surface area contributed by atoms with Crippen molar-refractivity contribution < 1.29 is 4.79 Å². The fraction of sp³-hybridized carbons (Fsp3) is 0.588. The molecule has 1 aliphatic carbocycles. The summed E-state index contributed by atoms with van der Waals surface area (Å²) in [6.45, 7) is 7.40. The zero-order chi connectivity index (χ0) is 15.5. The van der Waals surface area contributed by atoms with Crippen molar-refractivity contribution in [2.24, 2.45) is 5.92 Å². The Morgan fingerprint density at radius 3 is 2.59 bits per heavy atom. The number of hydrogen-bond donors (Lipinski definition) is 1. The first-order valence-corrected chi connectivity index (χ1v) is 8.63. The number of hydrogen-bond acceptors (Lipinski definition) is 3. The first-order valence-electron chi connectivity index (χ1n) is 8.25. The lowest BCUT2D eigenvalue weighted by molar-refractivity contribution is -0.122. The van der Waals surface area contributed by atoms with E-state index in [1.807, 2.05) is 18.2 Å². The lowest BCUT2D eigenvalue weighted by atomic mass is 9.85. The Balaban J connectivity index is 1.74. The number of piperazine rings is 1. The number of nitrogens with zero attached hydrogens (tertiary/aromatic N) is 2. The van der Waals surface area contributed by atoms with Gasteiger partial charge in [0.25, 0.3) is 0 Å². The maximum atomic E-state index is 12.3. The molecule has 2 fully saturated rings. The van der Waals surface area contributed by atoms with Crippen LogP contribution in [-0.2, 0) is 4.79 Å². The number of carbonyl (C=O) groups is 1. The van der Waals surface area contributed by atoms with E-state index in [0.29, 0.717) is 5.02 Å². The molecular weight excluding hydrogens is 298 g/mol. The molecule has 4 nitrogen and oxygen atoms in total. The molecule has 1 aliphatic heterocycles. The van der Waals surface area contributed by atoms with Crippen LogP contribution in [0.3, 0.4) is 0 Å². The Bertz CT molecular complexity index is 537. The van der Waals surface area contributed by atoms with E-state index in [1.54, 1.807) is 0 Å². The standard InChI is InChI=1S/C17H24ClN3O/c1-2-20-8-10-21(11-9-20)16-7-6-14(18)12-15(16)19-17(22)13-4-3-5-13/h6-7,12-13H,2-5,8-11H2,1H3,(H,19,22). The lowest BCUT2D eigenvalue weighted by Gasteiger charge is -2.36. The van der Waals surface area contributed by atoms with E-state index in [9.17, 15) is 4.79 Å². The number of rotatable bonds is 4. The molecule has 0 atom stereocenters. The second-order valence-electron chi connectivity index (χ2n) is 6.20. The van der Waals surface area contributed by atoms with E-state index in [1.165, 1.54) is 6.42 Å². The molecule has 1 aromatic carbocycles. The molecule has 0 bridgehead atoms. The van der Waals surface area contributed by atoms with Gasteiger partial charge in [0.15, 0.2) is 0 Å². The minimum atomic E-state index is 0.141. The van der Waals surface area contributed by atoms with Gasteiger partial charge in [0, 0.05) is 37.1 Å². The van der Waals surface area contributed by atoms with Crippen LogP contribution in [0.2, 0.25) is 5.02 Å². The van der Waals surface area contributed by atoms with E-state index in [2.05, 4.69) is 22.0 Å². The molecular formula is C17H24ClN3O. The highest BCUT2D eigenvalue weighted by Gasteiger charge is 2.26. The summed E-state index contributed by atoms with van der Waals surface area (Å²) in [6.07, 6.45) is 3.19. The average Bonchev–Trinajstić information content (AvgIpc) is 2.46. The van der Waals surface area contributed by atoms with Crippen molar-refractivity contribution in [3.63, 3.8) is 0 Å². The number of anilines is 2. The summed E-state index contributed by atoms with van der Waals surface area (Å²) in [5, 5.41) is 3.76. The van der Waals surface area contributed by atoms with Crippen molar-refractivity contribution in [1.82, 2.24) is 4.90 Å².